The zero-order chi connectivity index (χ0) is 15.9. The summed E-state index contributed by atoms with van der Waals surface area (Å²) in [6, 6.07) is 4.46. The highest BCUT2D eigenvalue weighted by atomic mass is 35.5. The molecule has 0 aromatic heterocycles. The van der Waals surface area contributed by atoms with E-state index in [-0.39, 0.29) is 17.9 Å². The molecule has 1 aromatic carbocycles. The van der Waals surface area contributed by atoms with Crippen molar-refractivity contribution < 1.29 is 14.3 Å². The molecule has 1 aromatic rings. The molecular formula is C15H20ClN3O3. The molecule has 0 spiro atoms. The van der Waals surface area contributed by atoms with Crippen LogP contribution in [-0.2, 0) is 9.53 Å². The SMILES string of the molecule is CCCNC(=O)c1ccc(NC(=O)C2COCCN2)cc1Cl. The molecule has 120 valence electrons. The fourth-order valence-electron chi connectivity index (χ4n) is 2.07. The predicted molar refractivity (Wildman–Crippen MR) is 85.3 cm³/mol. The Labute approximate surface area is 134 Å². The van der Waals surface area contributed by atoms with E-state index in [1.54, 1.807) is 18.2 Å². The maximum atomic E-state index is 12.1. The number of hydrogen-bond donors (Lipinski definition) is 3. The van der Waals surface area contributed by atoms with Crippen LogP contribution in [0.3, 0.4) is 0 Å². The molecule has 0 bridgehead atoms. The zero-order valence-electron chi connectivity index (χ0n) is 12.4. The number of carbonyl (C=O) groups is 2. The summed E-state index contributed by atoms with van der Waals surface area (Å²) in [6.45, 7) is 4.17. The van der Waals surface area contributed by atoms with Crippen molar-refractivity contribution in [3.63, 3.8) is 0 Å². The maximum Gasteiger partial charge on any atom is 0.252 e. The van der Waals surface area contributed by atoms with Crippen LogP contribution in [-0.4, -0.2) is 44.2 Å². The number of rotatable bonds is 5. The fraction of sp³-hybridized carbons (Fsp3) is 0.467. The van der Waals surface area contributed by atoms with E-state index < -0.39 is 0 Å². The Balaban J connectivity index is 1.99. The van der Waals surface area contributed by atoms with Crippen molar-refractivity contribution in [2.24, 2.45) is 0 Å². The predicted octanol–water partition coefficient (Wildman–Crippen LogP) is 1.41. The minimum Gasteiger partial charge on any atom is -0.378 e. The summed E-state index contributed by atoms with van der Waals surface area (Å²) in [5, 5.41) is 8.91. The molecule has 3 N–H and O–H groups in total. The van der Waals surface area contributed by atoms with Crippen LogP contribution in [0.2, 0.25) is 5.02 Å². The molecule has 1 fully saturated rings. The quantitative estimate of drug-likeness (QED) is 0.764. The van der Waals surface area contributed by atoms with Crippen LogP contribution in [0.5, 0.6) is 0 Å². The lowest BCUT2D eigenvalue weighted by Crippen LogP contribution is -2.48. The molecular weight excluding hydrogens is 306 g/mol. The Bertz CT molecular complexity index is 545. The van der Waals surface area contributed by atoms with Gasteiger partial charge in [-0.15, -0.1) is 0 Å². The number of halogens is 1. The molecule has 0 radical (unpaired) electrons. The van der Waals surface area contributed by atoms with Crippen LogP contribution >= 0.6 is 11.6 Å². The number of benzene rings is 1. The minimum atomic E-state index is -0.375. The zero-order valence-corrected chi connectivity index (χ0v) is 13.2. The molecule has 1 heterocycles. The van der Waals surface area contributed by atoms with Crippen molar-refractivity contribution in [1.82, 2.24) is 10.6 Å². The van der Waals surface area contributed by atoms with Crippen LogP contribution in [0.4, 0.5) is 5.69 Å². The molecule has 2 amide bonds. The molecule has 6 nitrogen and oxygen atoms in total. The summed E-state index contributed by atoms with van der Waals surface area (Å²) in [4.78, 5) is 24.0. The molecule has 1 aliphatic rings. The highest BCUT2D eigenvalue weighted by Gasteiger charge is 2.21. The van der Waals surface area contributed by atoms with Gasteiger partial charge in [-0.3, -0.25) is 9.59 Å². The normalized spacial score (nSPS) is 17.8. The van der Waals surface area contributed by atoms with Gasteiger partial charge in [0.2, 0.25) is 5.91 Å². The third-order valence-corrected chi connectivity index (χ3v) is 3.57. The first kappa shape index (κ1) is 16.7. The molecule has 1 unspecified atom stereocenters. The molecule has 1 aliphatic heterocycles. The van der Waals surface area contributed by atoms with E-state index in [9.17, 15) is 9.59 Å². The summed E-state index contributed by atoms with van der Waals surface area (Å²) in [5.41, 5.74) is 0.946. The summed E-state index contributed by atoms with van der Waals surface area (Å²) in [7, 11) is 0. The van der Waals surface area contributed by atoms with E-state index >= 15 is 0 Å². The lowest BCUT2D eigenvalue weighted by atomic mass is 10.1. The van der Waals surface area contributed by atoms with Gasteiger partial charge in [0.15, 0.2) is 0 Å². The molecule has 1 atom stereocenters. The van der Waals surface area contributed by atoms with Crippen molar-refractivity contribution in [2.45, 2.75) is 19.4 Å². The Morgan fingerprint density at radius 1 is 1.45 bits per heavy atom. The van der Waals surface area contributed by atoms with Crippen molar-refractivity contribution in [1.29, 1.82) is 0 Å². The Morgan fingerprint density at radius 3 is 2.91 bits per heavy atom. The smallest absolute Gasteiger partial charge is 0.252 e. The van der Waals surface area contributed by atoms with Crippen LogP contribution < -0.4 is 16.0 Å². The maximum absolute atomic E-state index is 12.1. The number of carbonyl (C=O) groups excluding carboxylic acids is 2. The Hall–Kier alpha value is -1.63. The van der Waals surface area contributed by atoms with E-state index in [0.717, 1.165) is 6.42 Å². The first-order valence-corrected chi connectivity index (χ1v) is 7.69. The topological polar surface area (TPSA) is 79.5 Å². The van der Waals surface area contributed by atoms with Crippen LogP contribution in [0.15, 0.2) is 18.2 Å². The number of morpholine rings is 1. The van der Waals surface area contributed by atoms with E-state index in [1.807, 2.05) is 6.92 Å². The van der Waals surface area contributed by atoms with E-state index in [4.69, 9.17) is 16.3 Å². The summed E-state index contributed by atoms with van der Waals surface area (Å²) in [6.07, 6.45) is 0.855. The monoisotopic (exact) mass is 325 g/mol. The van der Waals surface area contributed by atoms with Gasteiger partial charge >= 0.3 is 0 Å². The second kappa shape index (κ2) is 8.12. The second-order valence-corrected chi connectivity index (χ2v) is 5.43. The third kappa shape index (κ3) is 4.43. The van der Waals surface area contributed by atoms with Crippen LogP contribution in [0, 0.1) is 0 Å². The number of nitrogens with one attached hydrogen (secondary N) is 3. The van der Waals surface area contributed by atoms with Gasteiger partial charge in [0.1, 0.15) is 6.04 Å². The molecule has 0 saturated carbocycles. The lowest BCUT2D eigenvalue weighted by Gasteiger charge is -2.23. The van der Waals surface area contributed by atoms with Crippen molar-refractivity contribution in [3.8, 4) is 0 Å². The highest BCUT2D eigenvalue weighted by molar-refractivity contribution is 6.34. The average molecular weight is 326 g/mol. The fourth-order valence-corrected chi connectivity index (χ4v) is 2.34. The van der Waals surface area contributed by atoms with Gasteiger partial charge in [-0.25, -0.2) is 0 Å². The molecule has 0 aliphatic carbocycles. The number of hydrogen-bond acceptors (Lipinski definition) is 4. The Morgan fingerprint density at radius 2 is 2.27 bits per heavy atom. The second-order valence-electron chi connectivity index (χ2n) is 5.02. The van der Waals surface area contributed by atoms with E-state index in [1.165, 1.54) is 0 Å². The van der Waals surface area contributed by atoms with Crippen molar-refractivity contribution in [2.75, 3.05) is 31.6 Å². The summed E-state index contributed by atoms with van der Waals surface area (Å²) in [5.74, 6) is -0.397. The standard InChI is InChI=1S/C15H20ClN3O3/c1-2-5-18-14(20)11-4-3-10(8-12(11)16)19-15(21)13-9-22-7-6-17-13/h3-4,8,13,17H,2,5-7,9H2,1H3,(H,18,20)(H,19,21). The van der Waals surface area contributed by atoms with E-state index in [0.29, 0.717) is 42.6 Å². The van der Waals surface area contributed by atoms with Gasteiger partial charge in [0, 0.05) is 18.8 Å². The van der Waals surface area contributed by atoms with E-state index in [2.05, 4.69) is 16.0 Å². The number of amides is 2. The highest BCUT2D eigenvalue weighted by Crippen LogP contribution is 2.21. The Kier molecular flexibility index (Phi) is 6.18. The van der Waals surface area contributed by atoms with Crippen LogP contribution in [0.1, 0.15) is 23.7 Å². The number of anilines is 1. The van der Waals surface area contributed by atoms with Crippen molar-refractivity contribution in [3.05, 3.63) is 28.8 Å². The first-order chi connectivity index (χ1) is 10.6. The molecule has 2 rings (SSSR count). The van der Waals surface area contributed by atoms with Gasteiger partial charge in [0.05, 0.1) is 23.8 Å². The van der Waals surface area contributed by atoms with Gasteiger partial charge in [-0.05, 0) is 24.6 Å². The van der Waals surface area contributed by atoms with Gasteiger partial charge in [-0.1, -0.05) is 18.5 Å². The van der Waals surface area contributed by atoms with Crippen LogP contribution in [0.25, 0.3) is 0 Å². The first-order valence-electron chi connectivity index (χ1n) is 7.31. The number of ether oxygens (including phenoxy) is 1. The van der Waals surface area contributed by atoms with Gasteiger partial charge in [-0.2, -0.15) is 0 Å². The van der Waals surface area contributed by atoms with Crippen molar-refractivity contribution >= 4 is 29.1 Å². The summed E-state index contributed by atoms with van der Waals surface area (Å²) >= 11 is 6.12. The molecule has 7 heteroatoms. The lowest BCUT2D eigenvalue weighted by molar-refractivity contribution is -0.120. The minimum absolute atomic E-state index is 0.182. The average Bonchev–Trinajstić information content (AvgIpc) is 2.53. The molecule has 1 saturated heterocycles. The van der Waals surface area contributed by atoms with Gasteiger partial charge < -0.3 is 20.7 Å². The third-order valence-electron chi connectivity index (χ3n) is 3.25. The molecule has 22 heavy (non-hydrogen) atoms. The summed E-state index contributed by atoms with van der Waals surface area (Å²) < 4.78 is 5.25. The van der Waals surface area contributed by atoms with Gasteiger partial charge in [0.25, 0.3) is 5.91 Å². The largest absolute Gasteiger partial charge is 0.378 e.